The number of thiazole rings is 1. The van der Waals surface area contributed by atoms with E-state index in [2.05, 4.69) is 15.4 Å². The fourth-order valence-corrected chi connectivity index (χ4v) is 3.05. The molecule has 0 aliphatic heterocycles. The molecule has 0 aliphatic rings. The third kappa shape index (κ3) is 4.11. The number of aromatic nitrogens is 3. The number of hydrogen-bond donors (Lipinski definition) is 2. The molecule has 1 aromatic carbocycles. The lowest BCUT2D eigenvalue weighted by Gasteiger charge is -2.08. The van der Waals surface area contributed by atoms with Crippen molar-refractivity contribution in [1.82, 2.24) is 14.8 Å². The zero-order valence-electron chi connectivity index (χ0n) is 14.0. The van der Waals surface area contributed by atoms with Gasteiger partial charge >= 0.3 is 0 Å². The van der Waals surface area contributed by atoms with Crippen molar-refractivity contribution < 1.29 is 9.53 Å². The summed E-state index contributed by atoms with van der Waals surface area (Å²) in [6, 6.07) is 9.22. The van der Waals surface area contributed by atoms with E-state index in [9.17, 15) is 4.79 Å². The third-order valence-corrected chi connectivity index (χ3v) is 4.34. The van der Waals surface area contributed by atoms with Crippen molar-refractivity contribution in [1.29, 1.82) is 0 Å². The molecule has 0 aliphatic carbocycles. The number of carbonyl (C=O) groups is 1. The number of benzene rings is 1. The highest BCUT2D eigenvalue weighted by Crippen LogP contribution is 2.28. The zero-order chi connectivity index (χ0) is 17.8. The maximum Gasteiger partial charge on any atom is 0.245 e. The van der Waals surface area contributed by atoms with Gasteiger partial charge in [-0.3, -0.25) is 9.48 Å². The van der Waals surface area contributed by atoms with E-state index in [4.69, 9.17) is 10.5 Å². The van der Waals surface area contributed by atoms with Crippen LogP contribution < -0.4 is 11.1 Å². The minimum Gasteiger partial charge on any atom is -0.383 e. The van der Waals surface area contributed by atoms with Gasteiger partial charge in [-0.1, -0.05) is 18.2 Å². The predicted octanol–water partition coefficient (Wildman–Crippen LogP) is 2.12. The van der Waals surface area contributed by atoms with Gasteiger partial charge in [0.15, 0.2) is 5.13 Å². The van der Waals surface area contributed by atoms with Crippen LogP contribution in [0.1, 0.15) is 0 Å². The summed E-state index contributed by atoms with van der Waals surface area (Å²) in [4.78, 5) is 16.4. The Kier molecular flexibility index (Phi) is 5.22. The third-order valence-electron chi connectivity index (χ3n) is 3.59. The van der Waals surface area contributed by atoms with Gasteiger partial charge in [0.1, 0.15) is 6.04 Å². The molecule has 8 heteroatoms. The Bertz CT molecular complexity index is 873. The van der Waals surface area contributed by atoms with Crippen LogP contribution in [0.3, 0.4) is 0 Å². The van der Waals surface area contributed by atoms with E-state index in [0.717, 1.165) is 22.5 Å². The van der Waals surface area contributed by atoms with Gasteiger partial charge in [-0.15, -0.1) is 11.3 Å². The molecule has 0 fully saturated rings. The first-order valence-corrected chi connectivity index (χ1v) is 8.56. The van der Waals surface area contributed by atoms with Crippen molar-refractivity contribution in [2.24, 2.45) is 12.8 Å². The Morgan fingerprint density at radius 2 is 2.12 bits per heavy atom. The van der Waals surface area contributed by atoms with Gasteiger partial charge in [0.2, 0.25) is 5.91 Å². The number of amides is 1. The molecule has 1 amide bonds. The molecule has 2 heterocycles. The van der Waals surface area contributed by atoms with E-state index < -0.39 is 6.04 Å². The van der Waals surface area contributed by atoms with Crippen LogP contribution in [0.15, 0.2) is 41.9 Å². The second-order valence-corrected chi connectivity index (χ2v) is 6.40. The minimum absolute atomic E-state index is 0.163. The summed E-state index contributed by atoms with van der Waals surface area (Å²) in [5, 5.41) is 9.53. The molecule has 1 atom stereocenters. The number of nitrogens with zero attached hydrogens (tertiary/aromatic N) is 3. The topological polar surface area (TPSA) is 95.1 Å². The lowest BCUT2D eigenvalue weighted by atomic mass is 10.1. The van der Waals surface area contributed by atoms with Gasteiger partial charge < -0.3 is 15.8 Å². The number of methoxy groups -OCH3 is 1. The summed E-state index contributed by atoms with van der Waals surface area (Å²) in [5.41, 5.74) is 9.37. The van der Waals surface area contributed by atoms with E-state index in [0.29, 0.717) is 5.13 Å². The molecule has 7 nitrogen and oxygen atoms in total. The number of ether oxygens (including phenoxy) is 1. The van der Waals surface area contributed by atoms with Gasteiger partial charge in [-0.25, -0.2) is 4.98 Å². The lowest BCUT2D eigenvalue weighted by molar-refractivity contribution is -0.118. The van der Waals surface area contributed by atoms with E-state index in [1.54, 1.807) is 4.68 Å². The molecule has 0 radical (unpaired) electrons. The first kappa shape index (κ1) is 17.3. The Labute approximate surface area is 149 Å². The highest BCUT2D eigenvalue weighted by Gasteiger charge is 2.15. The molecular weight excluding hydrogens is 338 g/mol. The van der Waals surface area contributed by atoms with Gasteiger partial charge in [0.25, 0.3) is 0 Å². The van der Waals surface area contributed by atoms with Crippen LogP contribution in [-0.4, -0.2) is 40.4 Å². The SMILES string of the molecule is COCC(N)C(=O)Nc1nc(-c2cccc(-c3ccn(C)n3)c2)cs1. The maximum atomic E-state index is 11.9. The molecule has 3 N–H and O–H groups in total. The van der Waals surface area contributed by atoms with Crippen LogP contribution in [-0.2, 0) is 16.6 Å². The van der Waals surface area contributed by atoms with Gasteiger partial charge in [-0.2, -0.15) is 5.10 Å². The molecule has 0 bridgehead atoms. The molecule has 1 unspecified atom stereocenters. The van der Waals surface area contributed by atoms with Crippen molar-refractivity contribution in [3.63, 3.8) is 0 Å². The first-order valence-electron chi connectivity index (χ1n) is 7.68. The number of rotatable bonds is 6. The number of nitrogens with two attached hydrogens (primary N) is 1. The number of anilines is 1. The molecule has 25 heavy (non-hydrogen) atoms. The lowest BCUT2D eigenvalue weighted by Crippen LogP contribution is -2.39. The number of hydrogen-bond acceptors (Lipinski definition) is 6. The Morgan fingerprint density at radius 3 is 2.80 bits per heavy atom. The van der Waals surface area contributed by atoms with Crippen LogP contribution >= 0.6 is 11.3 Å². The molecular formula is C17H19N5O2S. The van der Waals surface area contributed by atoms with Crippen LogP contribution in [0.2, 0.25) is 0 Å². The Hall–Kier alpha value is -2.55. The smallest absolute Gasteiger partial charge is 0.245 e. The van der Waals surface area contributed by atoms with Crippen molar-refractivity contribution >= 4 is 22.4 Å². The standard InChI is InChI=1S/C17H19N5O2S/c1-22-7-6-14(21-22)11-4-3-5-12(8-11)15-10-25-17(19-15)20-16(23)13(18)9-24-2/h3-8,10,13H,9,18H2,1-2H3,(H,19,20,23). The molecule has 130 valence electrons. The van der Waals surface area contributed by atoms with Gasteiger partial charge in [0.05, 0.1) is 18.0 Å². The molecule has 3 rings (SSSR count). The van der Waals surface area contributed by atoms with Crippen LogP contribution in [0.25, 0.3) is 22.5 Å². The summed E-state index contributed by atoms with van der Waals surface area (Å²) in [5.74, 6) is -0.315. The summed E-state index contributed by atoms with van der Waals surface area (Å²) in [7, 11) is 3.39. The first-order chi connectivity index (χ1) is 12.1. The van der Waals surface area contributed by atoms with E-state index in [1.165, 1.54) is 18.4 Å². The van der Waals surface area contributed by atoms with Crippen LogP contribution in [0, 0.1) is 0 Å². The highest BCUT2D eigenvalue weighted by atomic mass is 32.1. The minimum atomic E-state index is -0.718. The summed E-state index contributed by atoms with van der Waals surface area (Å²) >= 11 is 1.35. The van der Waals surface area contributed by atoms with Gasteiger partial charge in [0, 0.05) is 36.9 Å². The quantitative estimate of drug-likeness (QED) is 0.705. The Balaban J connectivity index is 1.77. The molecule has 2 aromatic heterocycles. The van der Waals surface area contributed by atoms with E-state index >= 15 is 0 Å². The summed E-state index contributed by atoms with van der Waals surface area (Å²) < 4.78 is 6.65. The normalized spacial score (nSPS) is 12.1. The molecule has 0 spiro atoms. The predicted molar refractivity (Wildman–Crippen MR) is 98.2 cm³/mol. The zero-order valence-corrected chi connectivity index (χ0v) is 14.8. The number of nitrogens with one attached hydrogen (secondary N) is 1. The van der Waals surface area contributed by atoms with E-state index in [-0.39, 0.29) is 12.5 Å². The Morgan fingerprint density at radius 1 is 1.36 bits per heavy atom. The second kappa shape index (κ2) is 7.56. The van der Waals surface area contributed by atoms with Crippen molar-refractivity contribution in [2.45, 2.75) is 6.04 Å². The fourth-order valence-electron chi connectivity index (χ4n) is 2.32. The second-order valence-electron chi connectivity index (χ2n) is 5.54. The molecule has 0 saturated carbocycles. The molecule has 3 aromatic rings. The number of aryl methyl sites for hydroxylation is 1. The number of carbonyl (C=O) groups excluding carboxylic acids is 1. The highest BCUT2D eigenvalue weighted by molar-refractivity contribution is 7.14. The monoisotopic (exact) mass is 357 g/mol. The fraction of sp³-hybridized carbons (Fsp3) is 0.235. The average Bonchev–Trinajstić information content (AvgIpc) is 3.24. The largest absolute Gasteiger partial charge is 0.383 e. The average molecular weight is 357 g/mol. The maximum absolute atomic E-state index is 11.9. The molecule has 0 saturated heterocycles. The van der Waals surface area contributed by atoms with Crippen molar-refractivity contribution in [3.8, 4) is 22.5 Å². The van der Waals surface area contributed by atoms with E-state index in [1.807, 2.05) is 49.0 Å². The van der Waals surface area contributed by atoms with Crippen molar-refractivity contribution in [2.75, 3.05) is 19.0 Å². The summed E-state index contributed by atoms with van der Waals surface area (Å²) in [6.07, 6.45) is 1.90. The van der Waals surface area contributed by atoms with Crippen LogP contribution in [0.5, 0.6) is 0 Å². The van der Waals surface area contributed by atoms with Crippen molar-refractivity contribution in [3.05, 3.63) is 41.9 Å². The van der Waals surface area contributed by atoms with Crippen LogP contribution in [0.4, 0.5) is 5.13 Å². The van der Waals surface area contributed by atoms with Gasteiger partial charge in [-0.05, 0) is 12.1 Å². The summed E-state index contributed by atoms with van der Waals surface area (Å²) in [6.45, 7) is 0.163.